The predicted octanol–water partition coefficient (Wildman–Crippen LogP) is 3.14. The number of likely N-dealkylation sites (tertiary alicyclic amines) is 1. The first kappa shape index (κ1) is 30.5. The molecule has 2 fully saturated rings. The Hall–Kier alpha value is -5.10. The van der Waals surface area contributed by atoms with E-state index in [2.05, 4.69) is 15.1 Å². The van der Waals surface area contributed by atoms with Crippen molar-refractivity contribution in [1.82, 2.24) is 29.1 Å². The van der Waals surface area contributed by atoms with Gasteiger partial charge in [0.2, 0.25) is 5.43 Å². The fraction of sp³-hybridized carbons (Fsp3) is 0.371. The van der Waals surface area contributed by atoms with Crippen molar-refractivity contribution in [3.63, 3.8) is 0 Å². The van der Waals surface area contributed by atoms with Crippen molar-refractivity contribution in [3.8, 4) is 11.5 Å². The number of methoxy groups -OCH3 is 2. The number of piperazine rings is 1. The molecule has 2 amide bonds. The summed E-state index contributed by atoms with van der Waals surface area (Å²) in [6.07, 6.45) is 2.36. The highest BCUT2D eigenvalue weighted by Gasteiger charge is 2.27. The van der Waals surface area contributed by atoms with Crippen molar-refractivity contribution in [2.45, 2.75) is 12.8 Å². The van der Waals surface area contributed by atoms with Crippen LogP contribution < -0.4 is 25.1 Å². The van der Waals surface area contributed by atoms with Gasteiger partial charge in [-0.3, -0.25) is 18.8 Å². The van der Waals surface area contributed by atoms with Gasteiger partial charge in [-0.1, -0.05) is 12.1 Å². The van der Waals surface area contributed by atoms with E-state index in [1.807, 2.05) is 51.2 Å². The van der Waals surface area contributed by atoms with Crippen LogP contribution in [0.5, 0.6) is 11.5 Å². The number of aromatic nitrogens is 3. The van der Waals surface area contributed by atoms with Crippen LogP contribution >= 0.6 is 0 Å². The van der Waals surface area contributed by atoms with E-state index in [1.165, 1.54) is 12.8 Å². The normalized spacial score (nSPS) is 15.6. The number of fused-ring (bicyclic) bond motifs is 5. The second-order valence-electron chi connectivity index (χ2n) is 12.1. The molecule has 5 aromatic rings. The van der Waals surface area contributed by atoms with Crippen molar-refractivity contribution in [3.05, 3.63) is 75.9 Å². The molecule has 1 N–H and O–H groups in total. The van der Waals surface area contributed by atoms with Crippen LogP contribution in [0.25, 0.3) is 27.7 Å². The summed E-state index contributed by atoms with van der Waals surface area (Å²) in [6.45, 7) is 5.45. The lowest BCUT2D eigenvalue weighted by atomic mass is 10.1. The number of carbonyl (C=O) groups excluding carboxylic acids is 2. The van der Waals surface area contributed by atoms with Gasteiger partial charge < -0.3 is 34.1 Å². The Labute approximate surface area is 272 Å². The standard InChI is InChI=1S/C35H39N7O5/c1-38-27-8-4-5-9-28(27)42-32-26(31(43)30(34(38)42)33(44)36-12-15-39-13-6-7-14-39)10-11-29(37-32)40-16-18-41(19-17-40)35(45)23-20-24(46-2)22-25(21-23)47-3/h4-5,8-11,20-22H,6-7,12-19H2,1-3H3,(H,36,44). The number of nitrogens with zero attached hydrogens (tertiary/aromatic N) is 6. The molecule has 0 spiro atoms. The largest absolute Gasteiger partial charge is 0.497 e. The molecule has 0 bridgehead atoms. The Morgan fingerprint density at radius 2 is 1.55 bits per heavy atom. The summed E-state index contributed by atoms with van der Waals surface area (Å²) < 4.78 is 14.5. The van der Waals surface area contributed by atoms with Crippen molar-refractivity contribution >= 4 is 45.3 Å². The number of carbonyl (C=O) groups is 2. The molecule has 0 aliphatic carbocycles. The lowest BCUT2D eigenvalue weighted by molar-refractivity contribution is 0.0745. The summed E-state index contributed by atoms with van der Waals surface area (Å²) in [5.74, 6) is 1.35. The lowest BCUT2D eigenvalue weighted by Gasteiger charge is -2.35. The van der Waals surface area contributed by atoms with Crippen LogP contribution in [0, 0.1) is 0 Å². The highest BCUT2D eigenvalue weighted by molar-refractivity contribution is 6.06. The highest BCUT2D eigenvalue weighted by atomic mass is 16.5. The Morgan fingerprint density at radius 3 is 2.23 bits per heavy atom. The molecule has 0 saturated carbocycles. The topological polar surface area (TPSA) is 114 Å². The summed E-state index contributed by atoms with van der Waals surface area (Å²) in [5.41, 5.74) is 3.04. The van der Waals surface area contributed by atoms with Gasteiger partial charge in [0, 0.05) is 57.9 Å². The summed E-state index contributed by atoms with van der Waals surface area (Å²) in [6, 6.07) is 16.6. The van der Waals surface area contributed by atoms with Crippen LogP contribution in [-0.2, 0) is 7.05 Å². The summed E-state index contributed by atoms with van der Waals surface area (Å²) in [4.78, 5) is 52.4. The number of nitrogens with one attached hydrogen (secondary N) is 1. The number of pyridine rings is 2. The SMILES string of the molecule is COc1cc(OC)cc(C(=O)N2CCN(c3ccc4c(=O)c(C(=O)NCCN5CCCC5)c5n(C)c6ccccc6n5c4n3)CC2)c1. The Bertz CT molecular complexity index is 2030. The molecule has 12 nitrogen and oxygen atoms in total. The second-order valence-corrected chi connectivity index (χ2v) is 12.1. The minimum atomic E-state index is -0.377. The molecule has 47 heavy (non-hydrogen) atoms. The zero-order valence-electron chi connectivity index (χ0n) is 27.0. The molecular formula is C35H39N7O5. The first-order valence-electron chi connectivity index (χ1n) is 16.1. The maximum Gasteiger partial charge on any atom is 0.259 e. The zero-order chi connectivity index (χ0) is 32.7. The number of rotatable bonds is 8. The minimum absolute atomic E-state index is 0.0939. The first-order valence-corrected chi connectivity index (χ1v) is 16.1. The highest BCUT2D eigenvalue weighted by Crippen LogP contribution is 2.28. The number of ether oxygens (including phenoxy) is 2. The van der Waals surface area contributed by atoms with E-state index < -0.39 is 0 Å². The molecule has 3 aromatic heterocycles. The molecule has 2 aliphatic rings. The third-order valence-corrected chi connectivity index (χ3v) is 9.41. The number of amides is 2. The van der Waals surface area contributed by atoms with E-state index in [0.29, 0.717) is 72.3 Å². The lowest BCUT2D eigenvalue weighted by Crippen LogP contribution is -2.49. The summed E-state index contributed by atoms with van der Waals surface area (Å²) in [7, 11) is 5.00. The molecule has 2 aromatic carbocycles. The van der Waals surface area contributed by atoms with Crippen LogP contribution in [0.2, 0.25) is 0 Å². The fourth-order valence-electron chi connectivity index (χ4n) is 6.89. The van der Waals surface area contributed by atoms with E-state index in [4.69, 9.17) is 14.5 Å². The van der Waals surface area contributed by atoms with Gasteiger partial charge in [0.25, 0.3) is 11.8 Å². The smallest absolute Gasteiger partial charge is 0.259 e. The molecule has 244 valence electrons. The van der Waals surface area contributed by atoms with Gasteiger partial charge in [-0.15, -0.1) is 0 Å². The van der Waals surface area contributed by atoms with E-state index in [1.54, 1.807) is 38.5 Å². The van der Waals surface area contributed by atoms with Gasteiger partial charge in [0.15, 0.2) is 5.65 Å². The van der Waals surface area contributed by atoms with Crippen LogP contribution in [-0.4, -0.2) is 102 Å². The molecule has 2 aliphatic heterocycles. The number of hydrogen-bond acceptors (Lipinski definition) is 8. The Balaban J connectivity index is 1.20. The number of imidazole rings is 1. The fourth-order valence-corrected chi connectivity index (χ4v) is 6.89. The molecule has 0 unspecified atom stereocenters. The van der Waals surface area contributed by atoms with Crippen LogP contribution in [0.4, 0.5) is 5.82 Å². The molecule has 0 radical (unpaired) electrons. The Morgan fingerprint density at radius 1 is 0.872 bits per heavy atom. The molecule has 2 saturated heterocycles. The van der Waals surface area contributed by atoms with E-state index in [9.17, 15) is 14.4 Å². The maximum absolute atomic E-state index is 14.1. The van der Waals surface area contributed by atoms with Gasteiger partial charge in [0.05, 0.1) is 30.6 Å². The average Bonchev–Trinajstić information content (AvgIpc) is 3.74. The monoisotopic (exact) mass is 637 g/mol. The van der Waals surface area contributed by atoms with Gasteiger partial charge in [-0.05, 0) is 62.3 Å². The molecule has 5 heterocycles. The van der Waals surface area contributed by atoms with Crippen LogP contribution in [0.15, 0.2) is 59.4 Å². The van der Waals surface area contributed by atoms with Crippen molar-refractivity contribution in [1.29, 1.82) is 0 Å². The molecule has 12 heteroatoms. The predicted molar refractivity (Wildman–Crippen MR) is 181 cm³/mol. The van der Waals surface area contributed by atoms with Gasteiger partial charge in [0.1, 0.15) is 28.5 Å². The summed E-state index contributed by atoms with van der Waals surface area (Å²) >= 11 is 0. The summed E-state index contributed by atoms with van der Waals surface area (Å²) in [5, 5.41) is 3.40. The van der Waals surface area contributed by atoms with Crippen molar-refractivity contribution in [2.75, 3.05) is 71.5 Å². The molecular weight excluding hydrogens is 598 g/mol. The van der Waals surface area contributed by atoms with E-state index in [0.717, 1.165) is 30.7 Å². The number of anilines is 1. The average molecular weight is 638 g/mol. The minimum Gasteiger partial charge on any atom is -0.497 e. The van der Waals surface area contributed by atoms with Crippen molar-refractivity contribution in [2.24, 2.45) is 7.05 Å². The quantitative estimate of drug-likeness (QED) is 0.276. The van der Waals surface area contributed by atoms with Gasteiger partial charge >= 0.3 is 0 Å². The molecule has 0 atom stereocenters. The molecule has 7 rings (SSSR count). The van der Waals surface area contributed by atoms with E-state index in [-0.39, 0.29) is 22.8 Å². The Kier molecular flexibility index (Phi) is 8.19. The first-order chi connectivity index (χ1) is 22.9. The van der Waals surface area contributed by atoms with Crippen LogP contribution in [0.3, 0.4) is 0 Å². The second kappa shape index (κ2) is 12.6. The zero-order valence-corrected chi connectivity index (χ0v) is 27.0. The third-order valence-electron chi connectivity index (χ3n) is 9.41. The maximum atomic E-state index is 14.1. The third kappa shape index (κ3) is 5.52. The number of hydrogen-bond donors (Lipinski definition) is 1. The number of aryl methyl sites for hydroxylation is 1. The number of para-hydroxylation sites is 2. The van der Waals surface area contributed by atoms with Crippen molar-refractivity contribution < 1.29 is 19.1 Å². The van der Waals surface area contributed by atoms with Gasteiger partial charge in [-0.2, -0.15) is 0 Å². The number of benzene rings is 2. The van der Waals surface area contributed by atoms with E-state index >= 15 is 0 Å². The van der Waals surface area contributed by atoms with Gasteiger partial charge in [-0.25, -0.2) is 4.98 Å². The van der Waals surface area contributed by atoms with Crippen LogP contribution in [0.1, 0.15) is 33.6 Å².